The van der Waals surface area contributed by atoms with Gasteiger partial charge < -0.3 is 5.32 Å². The van der Waals surface area contributed by atoms with Crippen LogP contribution < -0.4 is 5.32 Å². The minimum atomic E-state index is -0.298. The summed E-state index contributed by atoms with van der Waals surface area (Å²) in [5, 5.41) is 8.00. The summed E-state index contributed by atoms with van der Waals surface area (Å²) >= 11 is 1.46. The van der Waals surface area contributed by atoms with Crippen LogP contribution in [0.15, 0.2) is 59.8 Å². The minimum absolute atomic E-state index is 0.174. The molecule has 0 aliphatic carbocycles. The minimum Gasteiger partial charge on any atom is -0.348 e. The summed E-state index contributed by atoms with van der Waals surface area (Å²) < 4.78 is 14.8. The first-order chi connectivity index (χ1) is 14.5. The third-order valence-corrected chi connectivity index (χ3v) is 5.47. The molecule has 0 aliphatic rings. The first-order valence-electron chi connectivity index (χ1n) is 9.44. The summed E-state index contributed by atoms with van der Waals surface area (Å²) in [5.74, 6) is 0.648. The second kappa shape index (κ2) is 8.62. The first kappa shape index (κ1) is 20.0. The van der Waals surface area contributed by atoms with Crippen molar-refractivity contribution in [2.24, 2.45) is 0 Å². The fourth-order valence-corrected chi connectivity index (χ4v) is 3.92. The number of benzene rings is 2. The molecular formula is C22H20FN5OS. The summed E-state index contributed by atoms with van der Waals surface area (Å²) in [7, 11) is 0. The molecule has 0 bridgehead atoms. The van der Waals surface area contributed by atoms with E-state index < -0.39 is 0 Å². The molecule has 8 heteroatoms. The maximum absolute atomic E-state index is 13.0. The van der Waals surface area contributed by atoms with E-state index in [0.717, 1.165) is 22.5 Å². The van der Waals surface area contributed by atoms with Crippen LogP contribution in [0.3, 0.4) is 0 Å². The number of carbonyl (C=O) groups excluding carboxylic acids is 1. The van der Waals surface area contributed by atoms with Gasteiger partial charge in [0.05, 0.1) is 0 Å². The number of aromatic nitrogens is 4. The number of rotatable bonds is 6. The van der Waals surface area contributed by atoms with Gasteiger partial charge in [0.1, 0.15) is 5.82 Å². The normalized spacial score (nSPS) is 11.0. The van der Waals surface area contributed by atoms with Gasteiger partial charge in [-0.1, -0.05) is 42.1 Å². The summed E-state index contributed by atoms with van der Waals surface area (Å²) in [5.41, 5.74) is 4.19. The zero-order valence-electron chi connectivity index (χ0n) is 16.6. The molecule has 2 heterocycles. The molecule has 4 aromatic rings. The van der Waals surface area contributed by atoms with Crippen molar-refractivity contribution >= 4 is 23.4 Å². The molecule has 152 valence electrons. The van der Waals surface area contributed by atoms with Crippen LogP contribution in [-0.4, -0.2) is 25.5 Å². The van der Waals surface area contributed by atoms with Crippen LogP contribution in [0.1, 0.15) is 32.9 Å². The van der Waals surface area contributed by atoms with Crippen molar-refractivity contribution in [3.8, 4) is 0 Å². The number of fused-ring (bicyclic) bond motifs is 1. The number of nitrogens with one attached hydrogen (secondary N) is 1. The number of halogens is 1. The van der Waals surface area contributed by atoms with E-state index in [9.17, 15) is 9.18 Å². The molecule has 0 atom stereocenters. The predicted octanol–water partition coefficient (Wildman–Crippen LogP) is 4.10. The van der Waals surface area contributed by atoms with E-state index in [1.54, 1.807) is 22.7 Å². The van der Waals surface area contributed by atoms with E-state index in [-0.39, 0.29) is 11.7 Å². The lowest BCUT2D eigenvalue weighted by atomic mass is 10.1. The van der Waals surface area contributed by atoms with Gasteiger partial charge in [-0.3, -0.25) is 4.79 Å². The molecule has 0 aliphatic heterocycles. The van der Waals surface area contributed by atoms with Crippen molar-refractivity contribution in [1.29, 1.82) is 0 Å². The van der Waals surface area contributed by atoms with Gasteiger partial charge >= 0.3 is 0 Å². The maximum Gasteiger partial charge on any atom is 0.253 e. The lowest BCUT2D eigenvalue weighted by Gasteiger charge is -2.09. The van der Waals surface area contributed by atoms with Crippen LogP contribution in [0, 0.1) is 19.7 Å². The van der Waals surface area contributed by atoms with Gasteiger partial charge in [0.15, 0.2) is 0 Å². The molecule has 2 aromatic carbocycles. The Morgan fingerprint density at radius 2 is 1.87 bits per heavy atom. The number of carbonyl (C=O) groups is 1. The van der Waals surface area contributed by atoms with Crippen LogP contribution in [0.5, 0.6) is 0 Å². The Hall–Kier alpha value is -3.26. The summed E-state index contributed by atoms with van der Waals surface area (Å²) in [6.45, 7) is 4.22. The van der Waals surface area contributed by atoms with Gasteiger partial charge in [-0.2, -0.15) is 4.98 Å². The number of hydrogen-bond acceptors (Lipinski definition) is 5. The Labute approximate surface area is 177 Å². The van der Waals surface area contributed by atoms with Crippen molar-refractivity contribution in [1.82, 2.24) is 24.9 Å². The highest BCUT2D eigenvalue weighted by Crippen LogP contribution is 2.23. The molecule has 0 saturated carbocycles. The van der Waals surface area contributed by atoms with Crippen LogP contribution in [0.2, 0.25) is 0 Å². The topological polar surface area (TPSA) is 72.2 Å². The highest BCUT2D eigenvalue weighted by Gasteiger charge is 2.13. The standard InChI is InChI=1S/C22H20FN5OS/c1-14-11-15(2)28-21(25-14)26-22(27-28)30-13-17-5-3-4-6-19(17)20(29)24-12-16-7-9-18(23)10-8-16/h3-11H,12-13H2,1-2H3,(H,24,29). The quantitative estimate of drug-likeness (QED) is 0.475. The highest BCUT2D eigenvalue weighted by atomic mass is 32.2. The Morgan fingerprint density at radius 1 is 1.10 bits per heavy atom. The second-order valence-electron chi connectivity index (χ2n) is 6.90. The molecule has 0 fully saturated rings. The van der Waals surface area contributed by atoms with Crippen LogP contribution in [0.4, 0.5) is 4.39 Å². The molecule has 0 saturated heterocycles. The number of amides is 1. The smallest absolute Gasteiger partial charge is 0.253 e. The number of thioether (sulfide) groups is 1. The summed E-state index contributed by atoms with van der Waals surface area (Å²) in [4.78, 5) is 21.6. The molecule has 6 nitrogen and oxygen atoms in total. The van der Waals surface area contributed by atoms with Gasteiger partial charge in [-0.15, -0.1) is 5.10 Å². The Kier molecular flexibility index (Phi) is 5.76. The predicted molar refractivity (Wildman–Crippen MR) is 114 cm³/mol. The SMILES string of the molecule is Cc1cc(C)n2nc(SCc3ccccc3C(=O)NCc3ccc(F)cc3)nc2n1. The number of aryl methyl sites for hydroxylation is 2. The largest absolute Gasteiger partial charge is 0.348 e. The van der Waals surface area contributed by atoms with Crippen molar-refractivity contribution in [2.75, 3.05) is 0 Å². The van der Waals surface area contributed by atoms with Gasteiger partial charge in [0.2, 0.25) is 5.16 Å². The fraction of sp³-hybridized carbons (Fsp3) is 0.182. The maximum atomic E-state index is 13.0. The molecule has 0 radical (unpaired) electrons. The molecule has 30 heavy (non-hydrogen) atoms. The lowest BCUT2D eigenvalue weighted by Crippen LogP contribution is -2.23. The second-order valence-corrected chi connectivity index (χ2v) is 7.84. The van der Waals surface area contributed by atoms with Crippen molar-refractivity contribution < 1.29 is 9.18 Å². The molecule has 0 spiro atoms. The van der Waals surface area contributed by atoms with E-state index in [1.807, 2.05) is 38.1 Å². The molecule has 4 rings (SSSR count). The van der Waals surface area contributed by atoms with E-state index in [4.69, 9.17) is 0 Å². The average Bonchev–Trinajstić information content (AvgIpc) is 3.15. The molecule has 0 unspecified atom stereocenters. The summed E-state index contributed by atoms with van der Waals surface area (Å²) in [6, 6.07) is 15.5. The van der Waals surface area contributed by atoms with Gasteiger partial charge in [-0.25, -0.2) is 13.9 Å². The third kappa shape index (κ3) is 4.49. The third-order valence-electron chi connectivity index (χ3n) is 4.58. The molecule has 1 amide bonds. The molecular weight excluding hydrogens is 401 g/mol. The van der Waals surface area contributed by atoms with E-state index in [1.165, 1.54) is 23.9 Å². The van der Waals surface area contributed by atoms with Crippen LogP contribution in [-0.2, 0) is 12.3 Å². The van der Waals surface area contributed by atoms with Gasteiger partial charge in [0, 0.05) is 29.2 Å². The summed E-state index contributed by atoms with van der Waals surface area (Å²) in [6.07, 6.45) is 0. The zero-order valence-corrected chi connectivity index (χ0v) is 17.4. The average molecular weight is 422 g/mol. The van der Waals surface area contributed by atoms with E-state index >= 15 is 0 Å². The Balaban J connectivity index is 1.46. The van der Waals surface area contributed by atoms with E-state index in [0.29, 0.717) is 28.8 Å². The van der Waals surface area contributed by atoms with Gasteiger partial charge in [0.25, 0.3) is 11.7 Å². The van der Waals surface area contributed by atoms with Crippen molar-refractivity contribution in [3.05, 3.63) is 88.5 Å². The van der Waals surface area contributed by atoms with Crippen LogP contribution >= 0.6 is 11.8 Å². The van der Waals surface area contributed by atoms with Crippen molar-refractivity contribution in [2.45, 2.75) is 31.3 Å². The van der Waals surface area contributed by atoms with Crippen LogP contribution in [0.25, 0.3) is 5.78 Å². The van der Waals surface area contributed by atoms with E-state index in [2.05, 4.69) is 20.4 Å². The molecule has 2 aromatic heterocycles. The fourth-order valence-electron chi connectivity index (χ4n) is 3.10. The lowest BCUT2D eigenvalue weighted by molar-refractivity contribution is 0.0950. The van der Waals surface area contributed by atoms with Crippen molar-refractivity contribution in [3.63, 3.8) is 0 Å². The first-order valence-corrected chi connectivity index (χ1v) is 10.4. The number of hydrogen-bond donors (Lipinski definition) is 1. The molecule has 1 N–H and O–H groups in total. The zero-order chi connectivity index (χ0) is 21.1. The van der Waals surface area contributed by atoms with Gasteiger partial charge in [-0.05, 0) is 49.2 Å². The monoisotopic (exact) mass is 421 g/mol. The Morgan fingerprint density at radius 3 is 2.67 bits per heavy atom. The highest BCUT2D eigenvalue weighted by molar-refractivity contribution is 7.98. The Bertz CT molecular complexity index is 1210. The number of nitrogens with zero attached hydrogens (tertiary/aromatic N) is 4.